The van der Waals surface area contributed by atoms with Gasteiger partial charge >= 0.3 is 0 Å². The first-order valence-electron chi connectivity index (χ1n) is 10.9. The molecule has 5 nitrogen and oxygen atoms in total. The summed E-state index contributed by atoms with van der Waals surface area (Å²) in [5, 5.41) is 18.4. The lowest BCUT2D eigenvalue weighted by molar-refractivity contribution is 0.477. The van der Waals surface area contributed by atoms with Crippen molar-refractivity contribution >= 4 is 27.4 Å². The van der Waals surface area contributed by atoms with Crippen LogP contribution >= 0.6 is 15.9 Å². The Kier molecular flexibility index (Phi) is 6.09. The molecule has 0 saturated heterocycles. The van der Waals surface area contributed by atoms with Gasteiger partial charge in [-0.2, -0.15) is 9.61 Å². The summed E-state index contributed by atoms with van der Waals surface area (Å²) in [5.74, 6) is 1.30. The first-order chi connectivity index (χ1) is 16.2. The summed E-state index contributed by atoms with van der Waals surface area (Å²) in [5.41, 5.74) is 4.65. The molecule has 0 fully saturated rings. The third-order valence-corrected chi connectivity index (χ3v) is 6.31. The number of anilines is 1. The molecule has 0 aliphatic rings. The SMILES string of the molecule is Oc1ccccc1-c1cc(NCCC(c2ccccc2)c2ccccc2)n2ncc(Br)c2n1. The van der Waals surface area contributed by atoms with E-state index in [0.717, 1.165) is 23.3 Å². The van der Waals surface area contributed by atoms with E-state index < -0.39 is 0 Å². The van der Waals surface area contributed by atoms with Gasteiger partial charge in [-0.1, -0.05) is 72.8 Å². The van der Waals surface area contributed by atoms with Gasteiger partial charge in [0, 0.05) is 24.1 Å². The summed E-state index contributed by atoms with van der Waals surface area (Å²) < 4.78 is 2.59. The van der Waals surface area contributed by atoms with Crippen LogP contribution in [0, 0.1) is 0 Å². The number of phenols is 1. The van der Waals surface area contributed by atoms with Crippen molar-refractivity contribution in [3.8, 4) is 17.0 Å². The molecule has 0 amide bonds. The molecule has 2 N–H and O–H groups in total. The second-order valence-electron chi connectivity index (χ2n) is 7.86. The second kappa shape index (κ2) is 9.46. The Morgan fingerprint density at radius 1 is 0.879 bits per heavy atom. The normalized spacial score (nSPS) is 11.2. The third kappa shape index (κ3) is 4.47. The van der Waals surface area contributed by atoms with Gasteiger partial charge in [0.1, 0.15) is 11.6 Å². The minimum atomic E-state index is 0.198. The van der Waals surface area contributed by atoms with Gasteiger partial charge in [-0.25, -0.2) is 4.98 Å². The Bertz CT molecular complexity index is 1330. The van der Waals surface area contributed by atoms with Crippen molar-refractivity contribution in [2.45, 2.75) is 12.3 Å². The first kappa shape index (κ1) is 21.2. The molecule has 33 heavy (non-hydrogen) atoms. The number of aromatic hydroxyl groups is 1. The van der Waals surface area contributed by atoms with E-state index in [1.165, 1.54) is 11.1 Å². The van der Waals surface area contributed by atoms with E-state index in [2.05, 4.69) is 74.9 Å². The van der Waals surface area contributed by atoms with E-state index in [1.807, 2.05) is 30.3 Å². The highest BCUT2D eigenvalue weighted by Gasteiger charge is 2.16. The molecule has 0 aliphatic carbocycles. The van der Waals surface area contributed by atoms with Crippen LogP contribution in [0.5, 0.6) is 5.75 Å². The van der Waals surface area contributed by atoms with Crippen molar-refractivity contribution in [3.05, 3.63) is 113 Å². The highest BCUT2D eigenvalue weighted by atomic mass is 79.9. The lowest BCUT2D eigenvalue weighted by Gasteiger charge is -2.19. The zero-order valence-corrected chi connectivity index (χ0v) is 19.5. The second-order valence-corrected chi connectivity index (χ2v) is 8.72. The summed E-state index contributed by atoms with van der Waals surface area (Å²) in [4.78, 5) is 4.72. The molecule has 0 radical (unpaired) electrons. The van der Waals surface area contributed by atoms with E-state index in [1.54, 1.807) is 22.8 Å². The van der Waals surface area contributed by atoms with Crippen molar-refractivity contribution in [2.75, 3.05) is 11.9 Å². The topological polar surface area (TPSA) is 62.5 Å². The fourth-order valence-electron chi connectivity index (χ4n) is 4.13. The first-order valence-corrected chi connectivity index (χ1v) is 11.7. The van der Waals surface area contributed by atoms with Crippen LogP contribution in [0.3, 0.4) is 0 Å². The van der Waals surface area contributed by atoms with E-state index >= 15 is 0 Å². The summed E-state index contributed by atoms with van der Waals surface area (Å²) in [7, 11) is 0. The minimum absolute atomic E-state index is 0.198. The molecule has 0 saturated carbocycles. The zero-order valence-electron chi connectivity index (χ0n) is 17.9. The Balaban J connectivity index is 1.45. The maximum atomic E-state index is 10.4. The van der Waals surface area contributed by atoms with Crippen LogP contribution in [0.4, 0.5) is 5.82 Å². The molecule has 0 spiro atoms. The van der Waals surface area contributed by atoms with Crippen LogP contribution < -0.4 is 5.32 Å². The summed E-state index contributed by atoms with van der Waals surface area (Å²) in [6.45, 7) is 0.741. The molecule has 5 rings (SSSR count). The predicted octanol–water partition coefficient (Wildman–Crippen LogP) is 6.50. The average Bonchev–Trinajstić information content (AvgIpc) is 3.24. The number of phenolic OH excluding ortho intramolecular Hbond substituents is 1. The number of nitrogens with one attached hydrogen (secondary N) is 1. The molecule has 0 unspecified atom stereocenters. The average molecular weight is 499 g/mol. The number of benzene rings is 3. The molecule has 3 aromatic carbocycles. The monoisotopic (exact) mass is 498 g/mol. The number of halogens is 1. The van der Waals surface area contributed by atoms with Crippen molar-refractivity contribution in [3.63, 3.8) is 0 Å². The molecule has 164 valence electrons. The van der Waals surface area contributed by atoms with Gasteiger partial charge in [-0.15, -0.1) is 0 Å². The van der Waals surface area contributed by atoms with Crippen LogP contribution in [0.2, 0.25) is 0 Å². The maximum absolute atomic E-state index is 10.4. The van der Waals surface area contributed by atoms with Crippen LogP contribution in [0.15, 0.2) is 102 Å². The Morgan fingerprint density at radius 2 is 1.52 bits per heavy atom. The van der Waals surface area contributed by atoms with Gasteiger partial charge in [0.05, 0.1) is 16.4 Å². The lowest BCUT2D eigenvalue weighted by atomic mass is 9.88. The largest absolute Gasteiger partial charge is 0.507 e. The van der Waals surface area contributed by atoms with Gasteiger partial charge in [-0.05, 0) is 45.6 Å². The van der Waals surface area contributed by atoms with E-state index in [4.69, 9.17) is 4.98 Å². The molecule has 2 aromatic heterocycles. The number of fused-ring (bicyclic) bond motifs is 1. The Hall–Kier alpha value is -3.64. The molecular formula is C27H23BrN4O. The maximum Gasteiger partial charge on any atom is 0.172 e. The van der Waals surface area contributed by atoms with Gasteiger partial charge in [0.25, 0.3) is 0 Å². The molecule has 6 heteroatoms. The number of hydrogen-bond donors (Lipinski definition) is 2. The summed E-state index contributed by atoms with van der Waals surface area (Å²) in [6, 6.07) is 30.4. The third-order valence-electron chi connectivity index (χ3n) is 5.75. The predicted molar refractivity (Wildman–Crippen MR) is 136 cm³/mol. The Morgan fingerprint density at radius 3 is 2.18 bits per heavy atom. The molecule has 0 bridgehead atoms. The molecular weight excluding hydrogens is 476 g/mol. The summed E-state index contributed by atoms with van der Waals surface area (Å²) >= 11 is 3.54. The highest BCUT2D eigenvalue weighted by molar-refractivity contribution is 9.10. The van der Waals surface area contributed by atoms with Crippen LogP contribution in [0.1, 0.15) is 23.5 Å². The number of nitrogens with zero attached hydrogens (tertiary/aromatic N) is 3. The standard InChI is InChI=1S/C27H23BrN4O/c28-23-18-30-32-26(17-24(31-27(23)32)22-13-7-8-14-25(22)33)29-16-15-21(19-9-3-1-4-10-19)20-11-5-2-6-12-20/h1-14,17-18,21,29,33H,15-16H2. The van der Waals surface area contributed by atoms with E-state index in [9.17, 15) is 5.11 Å². The van der Waals surface area contributed by atoms with Crippen molar-refractivity contribution in [1.82, 2.24) is 14.6 Å². The fraction of sp³-hybridized carbons (Fsp3) is 0.111. The van der Waals surface area contributed by atoms with Crippen molar-refractivity contribution < 1.29 is 5.11 Å². The van der Waals surface area contributed by atoms with Gasteiger partial charge in [-0.3, -0.25) is 0 Å². The smallest absolute Gasteiger partial charge is 0.172 e. The van der Waals surface area contributed by atoms with E-state index in [-0.39, 0.29) is 11.7 Å². The number of para-hydroxylation sites is 1. The molecule has 0 atom stereocenters. The summed E-state index contributed by atoms with van der Waals surface area (Å²) in [6.07, 6.45) is 2.64. The Labute approximate surface area is 200 Å². The molecule has 5 aromatic rings. The molecule has 0 aliphatic heterocycles. The molecule has 2 heterocycles. The van der Waals surface area contributed by atoms with Crippen molar-refractivity contribution in [2.24, 2.45) is 0 Å². The van der Waals surface area contributed by atoms with Gasteiger partial charge in [0.15, 0.2) is 5.65 Å². The van der Waals surface area contributed by atoms with Crippen LogP contribution in [-0.4, -0.2) is 26.2 Å². The van der Waals surface area contributed by atoms with Gasteiger partial charge < -0.3 is 10.4 Å². The number of rotatable bonds is 7. The lowest BCUT2D eigenvalue weighted by Crippen LogP contribution is -2.12. The number of aromatic nitrogens is 3. The van der Waals surface area contributed by atoms with Crippen molar-refractivity contribution in [1.29, 1.82) is 0 Å². The number of hydrogen-bond acceptors (Lipinski definition) is 4. The van der Waals surface area contributed by atoms with Crippen LogP contribution in [-0.2, 0) is 0 Å². The van der Waals surface area contributed by atoms with E-state index in [0.29, 0.717) is 16.9 Å². The zero-order chi connectivity index (χ0) is 22.6. The van der Waals surface area contributed by atoms with Gasteiger partial charge in [0.2, 0.25) is 0 Å². The fourth-order valence-corrected chi connectivity index (χ4v) is 4.48. The van der Waals surface area contributed by atoms with Crippen LogP contribution in [0.25, 0.3) is 16.9 Å². The quantitative estimate of drug-likeness (QED) is 0.269. The minimum Gasteiger partial charge on any atom is -0.507 e. The highest BCUT2D eigenvalue weighted by Crippen LogP contribution is 2.32.